The molecule has 0 atom stereocenters. The maximum Gasteiger partial charge on any atom is 0.379 e. The number of esters is 2. The summed E-state index contributed by atoms with van der Waals surface area (Å²) in [7, 11) is 1.49. The van der Waals surface area contributed by atoms with Gasteiger partial charge in [-0.1, -0.05) is 6.58 Å². The maximum atomic E-state index is 11.8. The Morgan fingerprint density at radius 1 is 1.08 bits per heavy atom. The van der Waals surface area contributed by atoms with Crippen molar-refractivity contribution < 1.29 is 38.4 Å². The lowest BCUT2D eigenvalue weighted by Crippen LogP contribution is -2.19. The molecule has 0 amide bonds. The first-order valence-corrected chi connectivity index (χ1v) is 6.70. The average Bonchev–Trinajstić information content (AvgIpc) is 2.62. The van der Waals surface area contributed by atoms with Gasteiger partial charge >= 0.3 is 11.9 Å². The van der Waals surface area contributed by atoms with E-state index in [1.54, 1.807) is 12.1 Å². The molecule has 0 aliphatic carbocycles. The van der Waals surface area contributed by atoms with E-state index in [0.29, 0.717) is 5.75 Å². The number of Topliss-reactive ketones (excluding diaryl/α,β-unsaturated/α-hetero) is 1. The molecule has 8 heteroatoms. The lowest BCUT2D eigenvalue weighted by Gasteiger charge is -2.04. The van der Waals surface area contributed by atoms with Crippen LogP contribution in [0.5, 0.6) is 5.75 Å². The van der Waals surface area contributed by atoms with Crippen LogP contribution in [0.1, 0.15) is 10.4 Å². The summed E-state index contributed by atoms with van der Waals surface area (Å²) in [6.45, 7) is 2.88. The minimum Gasteiger partial charge on any atom is -0.497 e. The van der Waals surface area contributed by atoms with Gasteiger partial charge in [-0.3, -0.25) is 4.79 Å². The van der Waals surface area contributed by atoms with Crippen molar-refractivity contribution in [3.8, 4) is 5.75 Å². The summed E-state index contributed by atoms with van der Waals surface area (Å²) in [6, 6.07) is 6.03. The lowest BCUT2D eigenvalue weighted by atomic mass is 10.1. The summed E-state index contributed by atoms with van der Waals surface area (Å²) < 4.78 is 14.1. The molecule has 0 radical (unpaired) electrons. The summed E-state index contributed by atoms with van der Waals surface area (Å²) in [5.74, 6) is -1.88. The van der Waals surface area contributed by atoms with Gasteiger partial charge in [-0.25, -0.2) is 9.59 Å². The molecular formula is C16H16O8. The number of rotatable bonds is 10. The van der Waals surface area contributed by atoms with Gasteiger partial charge in [0.2, 0.25) is 0 Å². The Morgan fingerprint density at radius 3 is 2.42 bits per heavy atom. The molecule has 0 aliphatic rings. The van der Waals surface area contributed by atoms with Crippen molar-refractivity contribution in [2.45, 2.75) is 0 Å². The maximum absolute atomic E-state index is 11.8. The monoisotopic (exact) mass is 336 g/mol. The molecule has 1 aromatic carbocycles. The zero-order chi connectivity index (χ0) is 17.8. The van der Waals surface area contributed by atoms with E-state index >= 15 is 0 Å². The Labute approximate surface area is 138 Å². The number of ether oxygens (including phenoxy) is 3. The standard InChI is InChI=1S/C16H16O8/c1-3-14(17)21-8-10-23-24-11-9-22-16(19)15(18)12-4-6-13(20-2)7-5-12/h3-8,10H,1,9,11H2,2H3/b10-8-. The number of hydrogen-bond donors (Lipinski definition) is 0. The molecule has 0 aromatic heterocycles. The highest BCUT2D eigenvalue weighted by Gasteiger charge is 2.17. The molecule has 0 saturated heterocycles. The molecule has 1 rings (SSSR count). The first-order valence-electron chi connectivity index (χ1n) is 6.70. The minimum absolute atomic E-state index is 0.124. The van der Waals surface area contributed by atoms with Gasteiger partial charge in [-0.15, -0.1) is 0 Å². The molecule has 8 nitrogen and oxygen atoms in total. The zero-order valence-corrected chi connectivity index (χ0v) is 12.9. The highest BCUT2D eigenvalue weighted by molar-refractivity contribution is 6.40. The van der Waals surface area contributed by atoms with Gasteiger partial charge in [0.05, 0.1) is 7.11 Å². The van der Waals surface area contributed by atoms with Crippen molar-refractivity contribution in [3.63, 3.8) is 0 Å². The molecule has 0 N–H and O–H groups in total. The number of methoxy groups -OCH3 is 1. The van der Waals surface area contributed by atoms with E-state index < -0.39 is 17.7 Å². The Hall–Kier alpha value is -3.13. The third-order valence-electron chi connectivity index (χ3n) is 2.47. The molecular weight excluding hydrogens is 320 g/mol. The van der Waals surface area contributed by atoms with Crippen LogP contribution in [0, 0.1) is 0 Å². The van der Waals surface area contributed by atoms with Crippen LogP contribution in [-0.4, -0.2) is 38.0 Å². The van der Waals surface area contributed by atoms with E-state index in [0.717, 1.165) is 18.6 Å². The normalized spacial score (nSPS) is 10.0. The van der Waals surface area contributed by atoms with E-state index in [2.05, 4.69) is 21.1 Å². The molecule has 0 fully saturated rings. The second kappa shape index (κ2) is 10.6. The average molecular weight is 336 g/mol. The summed E-state index contributed by atoms with van der Waals surface area (Å²) >= 11 is 0. The fraction of sp³-hybridized carbons (Fsp3) is 0.188. The van der Waals surface area contributed by atoms with Crippen LogP contribution in [0.4, 0.5) is 0 Å². The largest absolute Gasteiger partial charge is 0.497 e. The lowest BCUT2D eigenvalue weighted by molar-refractivity contribution is -0.255. The Balaban J connectivity index is 2.22. The van der Waals surface area contributed by atoms with Crippen molar-refractivity contribution in [1.29, 1.82) is 0 Å². The smallest absolute Gasteiger partial charge is 0.379 e. The van der Waals surface area contributed by atoms with Crippen LogP contribution in [0.15, 0.2) is 49.4 Å². The minimum atomic E-state index is -1.01. The van der Waals surface area contributed by atoms with Gasteiger partial charge in [-0.05, 0) is 24.3 Å². The summed E-state index contributed by atoms with van der Waals surface area (Å²) in [5, 5.41) is 0. The summed E-state index contributed by atoms with van der Waals surface area (Å²) in [5.41, 5.74) is 0.185. The second-order valence-corrected chi connectivity index (χ2v) is 4.02. The van der Waals surface area contributed by atoms with Crippen LogP contribution in [0.2, 0.25) is 0 Å². The molecule has 0 heterocycles. The number of benzene rings is 1. The van der Waals surface area contributed by atoms with Crippen LogP contribution in [0.3, 0.4) is 0 Å². The molecule has 0 bridgehead atoms. The Bertz CT molecular complexity index is 603. The number of hydrogen-bond acceptors (Lipinski definition) is 8. The summed E-state index contributed by atoms with van der Waals surface area (Å²) in [6.07, 6.45) is 2.89. The van der Waals surface area contributed by atoms with Gasteiger partial charge in [-0.2, -0.15) is 4.89 Å². The van der Waals surface area contributed by atoms with Crippen molar-refractivity contribution in [3.05, 3.63) is 55.0 Å². The molecule has 0 unspecified atom stereocenters. The van der Waals surface area contributed by atoms with E-state index in [4.69, 9.17) is 9.47 Å². The quantitative estimate of drug-likeness (QED) is 0.0928. The fourth-order valence-corrected chi connectivity index (χ4v) is 1.35. The fourth-order valence-electron chi connectivity index (χ4n) is 1.35. The van der Waals surface area contributed by atoms with Crippen LogP contribution >= 0.6 is 0 Å². The molecule has 1 aromatic rings. The van der Waals surface area contributed by atoms with E-state index in [9.17, 15) is 14.4 Å². The first-order chi connectivity index (χ1) is 11.6. The highest BCUT2D eigenvalue weighted by atomic mass is 17.2. The number of carbonyl (C=O) groups excluding carboxylic acids is 3. The molecule has 128 valence electrons. The predicted molar refractivity (Wildman–Crippen MR) is 80.7 cm³/mol. The molecule has 0 aliphatic heterocycles. The van der Waals surface area contributed by atoms with Gasteiger partial charge in [0.1, 0.15) is 25.2 Å². The van der Waals surface area contributed by atoms with Crippen molar-refractivity contribution in [1.82, 2.24) is 0 Å². The number of ketones is 1. The summed E-state index contributed by atoms with van der Waals surface area (Å²) in [4.78, 5) is 43.1. The van der Waals surface area contributed by atoms with Gasteiger partial charge in [0.15, 0.2) is 6.26 Å². The predicted octanol–water partition coefficient (Wildman–Crippen LogP) is 1.57. The van der Waals surface area contributed by atoms with E-state index in [1.807, 2.05) is 0 Å². The second-order valence-electron chi connectivity index (χ2n) is 4.02. The van der Waals surface area contributed by atoms with Crippen molar-refractivity contribution >= 4 is 17.7 Å². The van der Waals surface area contributed by atoms with Crippen molar-refractivity contribution in [2.24, 2.45) is 0 Å². The third kappa shape index (κ3) is 6.75. The van der Waals surface area contributed by atoms with Crippen LogP contribution < -0.4 is 4.74 Å². The van der Waals surface area contributed by atoms with Gasteiger partial charge in [0, 0.05) is 11.6 Å². The number of carbonyl (C=O) groups is 3. The van der Waals surface area contributed by atoms with Crippen molar-refractivity contribution in [2.75, 3.05) is 20.3 Å². The zero-order valence-electron chi connectivity index (χ0n) is 12.9. The third-order valence-corrected chi connectivity index (χ3v) is 2.47. The molecule has 0 saturated carbocycles. The van der Waals surface area contributed by atoms with Gasteiger partial charge in [0.25, 0.3) is 5.78 Å². The van der Waals surface area contributed by atoms with Crippen LogP contribution in [0.25, 0.3) is 0 Å². The van der Waals surface area contributed by atoms with E-state index in [1.165, 1.54) is 19.2 Å². The first kappa shape index (κ1) is 18.9. The van der Waals surface area contributed by atoms with Gasteiger partial charge < -0.3 is 19.1 Å². The Kier molecular flexibility index (Phi) is 8.33. The highest BCUT2D eigenvalue weighted by Crippen LogP contribution is 2.12. The van der Waals surface area contributed by atoms with E-state index in [-0.39, 0.29) is 18.8 Å². The molecule has 0 spiro atoms. The Morgan fingerprint density at radius 2 is 1.79 bits per heavy atom. The topological polar surface area (TPSA) is 97.4 Å². The van der Waals surface area contributed by atoms with Crippen LogP contribution in [-0.2, 0) is 28.8 Å². The molecule has 24 heavy (non-hydrogen) atoms. The SMILES string of the molecule is C=CC(=O)O/C=C\OOCCOC(=O)C(=O)c1ccc(OC)cc1.